The second-order valence-corrected chi connectivity index (χ2v) is 3.62. The van der Waals surface area contributed by atoms with Gasteiger partial charge in [0.05, 0.1) is 18.9 Å². The van der Waals surface area contributed by atoms with Gasteiger partial charge in [0.25, 0.3) is 0 Å². The van der Waals surface area contributed by atoms with E-state index in [1.54, 1.807) is 0 Å². The van der Waals surface area contributed by atoms with E-state index in [2.05, 4.69) is 5.16 Å². The summed E-state index contributed by atoms with van der Waals surface area (Å²) in [6, 6.07) is 1.86. The van der Waals surface area contributed by atoms with Crippen molar-refractivity contribution < 1.29 is 14.1 Å². The molecule has 0 bridgehead atoms. The Morgan fingerprint density at radius 2 is 2.50 bits per heavy atom. The number of Topliss-reactive ketones (excluding diaryl/α,β-unsaturated/α-hetero) is 1. The Morgan fingerprint density at radius 1 is 1.64 bits per heavy atom. The molecule has 0 aromatic carbocycles. The van der Waals surface area contributed by atoms with E-state index in [0.717, 1.165) is 11.5 Å². The smallest absolute Gasteiger partial charge is 0.140 e. The highest BCUT2D eigenvalue weighted by molar-refractivity contribution is 5.82. The maximum Gasteiger partial charge on any atom is 0.140 e. The van der Waals surface area contributed by atoms with E-state index in [9.17, 15) is 4.79 Å². The molecule has 0 aliphatic carbocycles. The number of hydrogen-bond acceptors (Lipinski definition) is 4. The molecule has 0 saturated carbocycles. The molecule has 1 aliphatic heterocycles. The molecule has 0 spiro atoms. The third-order valence-corrected chi connectivity index (χ3v) is 2.40. The van der Waals surface area contributed by atoms with Crippen molar-refractivity contribution in [3.63, 3.8) is 0 Å². The number of aromatic nitrogens is 1. The Kier molecular flexibility index (Phi) is 2.63. The minimum Gasteiger partial charge on any atom is -0.380 e. The van der Waals surface area contributed by atoms with Crippen molar-refractivity contribution in [3.8, 4) is 0 Å². The lowest BCUT2D eigenvalue weighted by Gasteiger charge is -2.19. The largest absolute Gasteiger partial charge is 0.380 e. The van der Waals surface area contributed by atoms with Gasteiger partial charge in [-0.3, -0.25) is 4.79 Å². The molecule has 2 heterocycles. The van der Waals surface area contributed by atoms with Crippen molar-refractivity contribution in [2.75, 3.05) is 13.2 Å². The first-order valence-corrected chi connectivity index (χ1v) is 4.78. The predicted octanol–water partition coefficient (Wildman–Crippen LogP) is 1.13. The van der Waals surface area contributed by atoms with Gasteiger partial charge < -0.3 is 9.26 Å². The molecule has 1 fully saturated rings. The number of rotatable bonds is 2. The summed E-state index contributed by atoms with van der Waals surface area (Å²) >= 11 is 0. The number of carbonyl (C=O) groups excluding carboxylic acids is 1. The van der Waals surface area contributed by atoms with Gasteiger partial charge in [-0.05, 0) is 6.92 Å². The van der Waals surface area contributed by atoms with Crippen LogP contribution in [0.4, 0.5) is 0 Å². The van der Waals surface area contributed by atoms with Crippen molar-refractivity contribution >= 4 is 5.78 Å². The fourth-order valence-electron chi connectivity index (χ4n) is 1.63. The maximum atomic E-state index is 11.5. The van der Waals surface area contributed by atoms with Gasteiger partial charge in [0.2, 0.25) is 0 Å². The fraction of sp³-hybridized carbons (Fsp3) is 0.600. The highest BCUT2D eigenvalue weighted by Crippen LogP contribution is 2.15. The molecule has 1 aromatic heterocycles. The van der Waals surface area contributed by atoms with Gasteiger partial charge in [0.1, 0.15) is 11.5 Å². The standard InChI is InChI=1S/C10H13NO3/c1-7-4-9(11-14-7)5-8-6-13-3-2-10(8)12/h4,8H,2-3,5-6H2,1H3. The van der Waals surface area contributed by atoms with Gasteiger partial charge in [-0.1, -0.05) is 5.16 Å². The first-order valence-electron chi connectivity index (χ1n) is 4.78. The highest BCUT2D eigenvalue weighted by Gasteiger charge is 2.24. The van der Waals surface area contributed by atoms with Gasteiger partial charge in [-0.15, -0.1) is 0 Å². The first kappa shape index (κ1) is 9.40. The summed E-state index contributed by atoms with van der Waals surface area (Å²) in [7, 11) is 0. The molecule has 1 atom stereocenters. The summed E-state index contributed by atoms with van der Waals surface area (Å²) in [4.78, 5) is 11.5. The van der Waals surface area contributed by atoms with Crippen molar-refractivity contribution in [2.45, 2.75) is 19.8 Å². The third kappa shape index (κ3) is 2.01. The number of ether oxygens (including phenoxy) is 1. The quantitative estimate of drug-likeness (QED) is 0.709. The summed E-state index contributed by atoms with van der Waals surface area (Å²) in [6.07, 6.45) is 1.16. The zero-order chi connectivity index (χ0) is 9.97. The highest BCUT2D eigenvalue weighted by atomic mass is 16.5. The van der Waals surface area contributed by atoms with Crippen LogP contribution in [0.2, 0.25) is 0 Å². The molecule has 4 nitrogen and oxygen atoms in total. The monoisotopic (exact) mass is 195 g/mol. The van der Waals surface area contributed by atoms with E-state index < -0.39 is 0 Å². The van der Waals surface area contributed by atoms with Gasteiger partial charge in [0.15, 0.2) is 0 Å². The summed E-state index contributed by atoms with van der Waals surface area (Å²) in [5.41, 5.74) is 0.839. The lowest BCUT2D eigenvalue weighted by molar-refractivity contribution is -0.130. The molecule has 0 radical (unpaired) electrons. The van der Waals surface area contributed by atoms with Crippen LogP contribution in [0.3, 0.4) is 0 Å². The molecule has 2 rings (SSSR count). The summed E-state index contributed by atoms with van der Waals surface area (Å²) < 4.78 is 10.2. The molecule has 4 heteroatoms. The van der Waals surface area contributed by atoms with Gasteiger partial charge in [-0.2, -0.15) is 0 Å². The number of carbonyl (C=O) groups is 1. The molecule has 0 amide bonds. The van der Waals surface area contributed by atoms with Crippen molar-refractivity contribution in [2.24, 2.45) is 5.92 Å². The van der Waals surface area contributed by atoms with Crippen molar-refractivity contribution in [1.29, 1.82) is 0 Å². The van der Waals surface area contributed by atoms with Gasteiger partial charge in [-0.25, -0.2) is 0 Å². The number of aryl methyl sites for hydroxylation is 1. The third-order valence-electron chi connectivity index (χ3n) is 2.40. The lowest BCUT2D eigenvalue weighted by atomic mass is 9.95. The SMILES string of the molecule is Cc1cc(CC2COCCC2=O)no1. The second-order valence-electron chi connectivity index (χ2n) is 3.62. The van der Waals surface area contributed by atoms with E-state index in [4.69, 9.17) is 9.26 Å². The molecular formula is C10H13NO3. The molecule has 76 valence electrons. The van der Waals surface area contributed by atoms with Crippen LogP contribution in [0.1, 0.15) is 17.9 Å². The molecule has 1 saturated heterocycles. The molecule has 14 heavy (non-hydrogen) atoms. The Hall–Kier alpha value is -1.16. The van der Waals surface area contributed by atoms with Crippen LogP contribution in [0.25, 0.3) is 0 Å². The van der Waals surface area contributed by atoms with E-state index in [0.29, 0.717) is 26.1 Å². The van der Waals surface area contributed by atoms with Gasteiger partial charge >= 0.3 is 0 Å². The van der Waals surface area contributed by atoms with Crippen LogP contribution in [0.15, 0.2) is 10.6 Å². The Bertz CT molecular complexity index is 332. The zero-order valence-corrected chi connectivity index (χ0v) is 8.16. The Balaban J connectivity index is 1.99. The van der Waals surface area contributed by atoms with Crippen molar-refractivity contribution in [3.05, 3.63) is 17.5 Å². The zero-order valence-electron chi connectivity index (χ0n) is 8.16. The topological polar surface area (TPSA) is 52.3 Å². The summed E-state index contributed by atoms with van der Waals surface area (Å²) in [5.74, 6) is 1.02. The number of nitrogens with zero attached hydrogens (tertiary/aromatic N) is 1. The van der Waals surface area contributed by atoms with Gasteiger partial charge in [0, 0.05) is 24.8 Å². The Labute approximate surface area is 82.2 Å². The van der Waals surface area contributed by atoms with Crippen molar-refractivity contribution in [1.82, 2.24) is 5.16 Å². The van der Waals surface area contributed by atoms with E-state index in [1.165, 1.54) is 0 Å². The lowest BCUT2D eigenvalue weighted by Crippen LogP contribution is -2.29. The first-order chi connectivity index (χ1) is 6.75. The molecular weight excluding hydrogens is 182 g/mol. The van der Waals surface area contributed by atoms with E-state index >= 15 is 0 Å². The molecule has 0 N–H and O–H groups in total. The molecule has 1 aromatic rings. The summed E-state index contributed by atoms with van der Waals surface area (Å²) in [6.45, 7) is 2.92. The average Bonchev–Trinajstić information content (AvgIpc) is 2.56. The number of ketones is 1. The fourth-order valence-corrected chi connectivity index (χ4v) is 1.63. The molecule has 1 aliphatic rings. The maximum absolute atomic E-state index is 11.5. The average molecular weight is 195 g/mol. The van der Waals surface area contributed by atoms with E-state index in [1.807, 2.05) is 13.0 Å². The molecule has 1 unspecified atom stereocenters. The summed E-state index contributed by atoms with van der Waals surface area (Å²) in [5, 5.41) is 3.86. The minimum atomic E-state index is -0.0340. The van der Waals surface area contributed by atoms with Crippen LogP contribution in [-0.2, 0) is 16.0 Å². The van der Waals surface area contributed by atoms with Crippen LogP contribution >= 0.6 is 0 Å². The Morgan fingerprint density at radius 3 is 3.14 bits per heavy atom. The van der Waals surface area contributed by atoms with E-state index in [-0.39, 0.29) is 11.7 Å². The van der Waals surface area contributed by atoms with Crippen LogP contribution in [0.5, 0.6) is 0 Å². The normalized spacial score (nSPS) is 22.6. The number of hydrogen-bond donors (Lipinski definition) is 0. The second kappa shape index (κ2) is 3.92. The van der Waals surface area contributed by atoms with Crippen LogP contribution in [0, 0.1) is 12.8 Å². The van der Waals surface area contributed by atoms with Crippen LogP contribution in [-0.4, -0.2) is 24.2 Å². The van der Waals surface area contributed by atoms with Crippen LogP contribution < -0.4 is 0 Å². The predicted molar refractivity (Wildman–Crippen MR) is 48.9 cm³/mol. The minimum absolute atomic E-state index is 0.0340.